The number of alkyl halides is 2. The van der Waals surface area contributed by atoms with Crippen molar-refractivity contribution in [2.75, 3.05) is 11.9 Å². The Bertz CT molecular complexity index is 1410. The van der Waals surface area contributed by atoms with E-state index >= 15 is 0 Å². The largest absolute Gasteiger partial charge is 0.396 e. The minimum Gasteiger partial charge on any atom is -0.396 e. The lowest BCUT2D eigenvalue weighted by atomic mass is 10.0. The summed E-state index contributed by atoms with van der Waals surface area (Å²) in [6.07, 6.45) is 1.14. The van der Waals surface area contributed by atoms with E-state index in [1.165, 1.54) is 30.5 Å². The molecule has 1 fully saturated rings. The molecule has 3 aromatic carbocycles. The molecule has 1 saturated carbocycles. The highest BCUT2D eigenvalue weighted by molar-refractivity contribution is 6.53. The SMILES string of the molecule is CCO/N=C/c1ccc(CC(=O)c2cc(NC(=O)C3C(c4cc(Cl)cc(Cl)c4)C3(Cl)Cl)ccc2Cl)c(F)c1. The Kier molecular flexibility index (Phi) is 8.90. The zero-order valence-corrected chi connectivity index (χ0v) is 23.6. The number of amides is 1. The van der Waals surface area contributed by atoms with E-state index in [-0.39, 0.29) is 22.6 Å². The minimum absolute atomic E-state index is 0.128. The van der Waals surface area contributed by atoms with Crippen LogP contribution in [-0.4, -0.2) is 28.8 Å². The van der Waals surface area contributed by atoms with Gasteiger partial charge in [0.15, 0.2) is 5.78 Å². The normalized spacial score (nSPS) is 17.9. The van der Waals surface area contributed by atoms with Gasteiger partial charge in [-0.15, -0.1) is 23.2 Å². The third kappa shape index (κ3) is 6.44. The molecular formula is C27H20Cl5FN2O3. The number of halogens is 6. The number of ketones is 1. The molecule has 1 amide bonds. The third-order valence-electron chi connectivity index (χ3n) is 5.95. The number of rotatable bonds is 9. The third-order valence-corrected chi connectivity index (χ3v) is 7.65. The first kappa shape index (κ1) is 28.7. The Hall–Kier alpha value is -2.35. The number of oxime groups is 1. The van der Waals surface area contributed by atoms with Gasteiger partial charge < -0.3 is 10.2 Å². The smallest absolute Gasteiger partial charge is 0.231 e. The van der Waals surface area contributed by atoms with Crippen molar-refractivity contribution >= 4 is 81.6 Å². The van der Waals surface area contributed by atoms with Crippen LogP contribution in [0.4, 0.5) is 10.1 Å². The quantitative estimate of drug-likeness (QED) is 0.114. The molecule has 0 spiro atoms. The van der Waals surface area contributed by atoms with Crippen molar-refractivity contribution in [1.82, 2.24) is 0 Å². The average molecular weight is 617 g/mol. The van der Waals surface area contributed by atoms with E-state index in [1.807, 2.05) is 0 Å². The molecule has 0 aliphatic heterocycles. The monoisotopic (exact) mass is 614 g/mol. The fourth-order valence-corrected chi connectivity index (χ4v) is 5.68. The van der Waals surface area contributed by atoms with Crippen LogP contribution < -0.4 is 5.32 Å². The second-order valence-corrected chi connectivity index (χ2v) is 11.3. The van der Waals surface area contributed by atoms with Crippen LogP contribution in [0.3, 0.4) is 0 Å². The van der Waals surface area contributed by atoms with Crippen LogP contribution in [0.15, 0.2) is 59.8 Å². The number of nitrogens with one attached hydrogen (secondary N) is 1. The van der Waals surface area contributed by atoms with E-state index in [2.05, 4.69) is 10.5 Å². The minimum atomic E-state index is -1.36. The molecule has 38 heavy (non-hydrogen) atoms. The zero-order valence-electron chi connectivity index (χ0n) is 19.8. The van der Waals surface area contributed by atoms with Crippen LogP contribution in [0.1, 0.15) is 39.9 Å². The summed E-state index contributed by atoms with van der Waals surface area (Å²) in [5.41, 5.74) is 1.75. The van der Waals surface area contributed by atoms with Crippen molar-refractivity contribution < 1.29 is 18.8 Å². The molecule has 0 heterocycles. The van der Waals surface area contributed by atoms with Crippen molar-refractivity contribution in [1.29, 1.82) is 0 Å². The van der Waals surface area contributed by atoms with Gasteiger partial charge in [-0.25, -0.2) is 4.39 Å². The first-order chi connectivity index (χ1) is 18.0. The highest BCUT2D eigenvalue weighted by atomic mass is 35.5. The van der Waals surface area contributed by atoms with E-state index in [1.54, 1.807) is 37.3 Å². The van der Waals surface area contributed by atoms with E-state index in [0.29, 0.717) is 33.5 Å². The fourth-order valence-electron chi connectivity index (χ4n) is 4.09. The molecule has 5 nitrogen and oxygen atoms in total. The van der Waals surface area contributed by atoms with Gasteiger partial charge in [-0.3, -0.25) is 9.59 Å². The lowest BCUT2D eigenvalue weighted by Gasteiger charge is -2.10. The van der Waals surface area contributed by atoms with Crippen LogP contribution in [0.5, 0.6) is 0 Å². The Morgan fingerprint density at radius 3 is 2.42 bits per heavy atom. The maximum Gasteiger partial charge on any atom is 0.231 e. The van der Waals surface area contributed by atoms with Crippen molar-refractivity contribution in [2.45, 2.75) is 23.6 Å². The molecule has 2 atom stereocenters. The van der Waals surface area contributed by atoms with E-state index in [4.69, 9.17) is 62.8 Å². The average Bonchev–Trinajstić information content (AvgIpc) is 3.43. The number of carbonyl (C=O) groups excluding carboxylic acids is 2. The summed E-state index contributed by atoms with van der Waals surface area (Å²) < 4.78 is 13.2. The molecule has 0 saturated heterocycles. The lowest BCUT2D eigenvalue weighted by Crippen LogP contribution is -2.17. The maximum absolute atomic E-state index is 14.6. The van der Waals surface area contributed by atoms with Crippen LogP contribution in [0.2, 0.25) is 15.1 Å². The molecule has 0 aromatic heterocycles. The Balaban J connectivity index is 1.47. The van der Waals surface area contributed by atoms with Gasteiger partial charge in [0.1, 0.15) is 16.8 Å². The first-order valence-corrected chi connectivity index (χ1v) is 13.3. The van der Waals surface area contributed by atoms with Crippen LogP contribution in [0.25, 0.3) is 0 Å². The van der Waals surface area contributed by atoms with E-state index < -0.39 is 33.7 Å². The summed E-state index contributed by atoms with van der Waals surface area (Å²) in [5, 5.41) is 7.39. The molecule has 1 N–H and O–H groups in total. The number of hydrogen-bond acceptors (Lipinski definition) is 4. The zero-order chi connectivity index (χ0) is 27.6. The highest BCUT2D eigenvalue weighted by Gasteiger charge is 2.67. The predicted molar refractivity (Wildman–Crippen MR) is 151 cm³/mol. The molecule has 1 aliphatic rings. The Morgan fingerprint density at radius 2 is 1.76 bits per heavy atom. The summed E-state index contributed by atoms with van der Waals surface area (Å²) >= 11 is 31.3. The van der Waals surface area contributed by atoms with Gasteiger partial charge in [0.2, 0.25) is 5.91 Å². The predicted octanol–water partition coefficient (Wildman–Crippen LogP) is 8.11. The Morgan fingerprint density at radius 1 is 1.05 bits per heavy atom. The molecule has 0 bridgehead atoms. The number of anilines is 1. The summed E-state index contributed by atoms with van der Waals surface area (Å²) in [4.78, 5) is 30.9. The van der Waals surface area contributed by atoms with Gasteiger partial charge >= 0.3 is 0 Å². The molecular weight excluding hydrogens is 597 g/mol. The summed E-state index contributed by atoms with van der Waals surface area (Å²) in [6.45, 7) is 2.17. The molecule has 3 aromatic rings. The van der Waals surface area contributed by atoms with Gasteiger partial charge in [-0.05, 0) is 66.1 Å². The van der Waals surface area contributed by atoms with Crippen molar-refractivity contribution in [3.63, 3.8) is 0 Å². The van der Waals surface area contributed by atoms with Crippen molar-refractivity contribution in [3.8, 4) is 0 Å². The second kappa shape index (κ2) is 11.8. The van der Waals surface area contributed by atoms with Gasteiger partial charge in [0.05, 0.1) is 17.2 Å². The van der Waals surface area contributed by atoms with E-state index in [9.17, 15) is 14.0 Å². The standard InChI is InChI=1S/C27H20Cl5FN2O3/c1-2-38-34-13-14-3-4-15(22(33)7-14)10-23(36)20-12-19(5-6-21(20)30)35-26(37)25-24(27(25,31)32)16-8-17(28)11-18(29)9-16/h3-9,11-13,24-25H,2,10H2,1H3,(H,35,37)/b34-13+. The summed E-state index contributed by atoms with van der Waals surface area (Å²) in [6, 6.07) is 13.7. The number of carbonyl (C=O) groups is 2. The number of nitrogens with zero attached hydrogens (tertiary/aromatic N) is 1. The van der Waals surface area contributed by atoms with E-state index in [0.717, 1.165) is 0 Å². The molecule has 4 rings (SSSR count). The van der Waals surface area contributed by atoms with Crippen molar-refractivity contribution in [3.05, 3.63) is 97.7 Å². The summed E-state index contributed by atoms with van der Waals surface area (Å²) in [5.74, 6) is -2.76. The maximum atomic E-state index is 14.6. The van der Waals surface area contributed by atoms with Crippen LogP contribution in [-0.2, 0) is 16.1 Å². The number of hydrogen-bond donors (Lipinski definition) is 1. The molecule has 198 valence electrons. The van der Waals surface area contributed by atoms with Gasteiger partial charge in [0.25, 0.3) is 0 Å². The number of Topliss-reactive ketones (excluding diaryl/α,β-unsaturated/α-hetero) is 1. The highest BCUT2D eigenvalue weighted by Crippen LogP contribution is 2.65. The number of benzene rings is 3. The fraction of sp³-hybridized carbons (Fsp3) is 0.222. The summed E-state index contributed by atoms with van der Waals surface area (Å²) in [7, 11) is 0. The molecule has 11 heteroatoms. The first-order valence-electron chi connectivity index (χ1n) is 11.4. The molecule has 2 unspecified atom stereocenters. The topological polar surface area (TPSA) is 67.8 Å². The van der Waals surface area contributed by atoms with Gasteiger partial charge in [0, 0.05) is 33.6 Å². The van der Waals surface area contributed by atoms with Crippen molar-refractivity contribution in [2.24, 2.45) is 11.1 Å². The van der Waals surface area contributed by atoms with Crippen LogP contribution in [0, 0.1) is 11.7 Å². The van der Waals surface area contributed by atoms with Gasteiger partial charge in [-0.2, -0.15) is 0 Å². The molecule has 0 radical (unpaired) electrons. The molecule has 1 aliphatic carbocycles. The second-order valence-electron chi connectivity index (χ2n) is 8.62. The lowest BCUT2D eigenvalue weighted by molar-refractivity contribution is -0.117. The van der Waals surface area contributed by atoms with Crippen LogP contribution >= 0.6 is 58.0 Å². The Labute approximate surface area is 243 Å². The van der Waals surface area contributed by atoms with Gasteiger partial charge in [-0.1, -0.05) is 52.1 Å².